The van der Waals surface area contributed by atoms with E-state index >= 15 is 0 Å². The lowest BCUT2D eigenvalue weighted by atomic mass is 10.0. The fourth-order valence-corrected chi connectivity index (χ4v) is 1.82. The average molecular weight is 248 g/mol. The molecule has 102 valence electrons. The van der Waals surface area contributed by atoms with Crippen molar-refractivity contribution in [2.45, 2.75) is 40.2 Å². The third-order valence-corrected chi connectivity index (χ3v) is 3.01. The van der Waals surface area contributed by atoms with Crippen LogP contribution in [0.2, 0.25) is 0 Å². The topological polar surface area (TPSA) is 24.1 Å². The first kappa shape index (κ1) is 15.2. The minimum absolute atomic E-state index is 0.618. The maximum atomic E-state index is 3.46. The van der Waals surface area contributed by atoms with E-state index < -0.39 is 0 Å². The second-order valence-electron chi connectivity index (χ2n) is 5.67. The van der Waals surface area contributed by atoms with Gasteiger partial charge in [0.15, 0.2) is 0 Å². The van der Waals surface area contributed by atoms with Crippen LogP contribution in [0.5, 0.6) is 0 Å². The zero-order chi connectivity index (χ0) is 13.4. The fraction of sp³-hybridized carbons (Fsp3) is 0.625. The second kappa shape index (κ2) is 8.28. The Morgan fingerprint density at radius 2 is 1.50 bits per heavy atom. The molecule has 0 aliphatic heterocycles. The summed E-state index contributed by atoms with van der Waals surface area (Å²) in [6.07, 6.45) is 0. The average Bonchev–Trinajstić information content (AvgIpc) is 2.34. The predicted octanol–water partition coefficient (Wildman–Crippen LogP) is 3.15. The summed E-state index contributed by atoms with van der Waals surface area (Å²) in [6, 6.07) is 8.92. The molecule has 0 heterocycles. The van der Waals surface area contributed by atoms with Gasteiger partial charge in [-0.1, -0.05) is 52.0 Å². The Kier molecular flexibility index (Phi) is 6.99. The molecule has 1 aromatic rings. The van der Waals surface area contributed by atoms with Crippen molar-refractivity contribution in [2.75, 3.05) is 19.6 Å². The zero-order valence-corrected chi connectivity index (χ0v) is 12.3. The Labute approximate surface area is 112 Å². The Hall–Kier alpha value is -0.860. The van der Waals surface area contributed by atoms with Crippen molar-refractivity contribution in [1.82, 2.24) is 10.6 Å². The molecule has 0 bridgehead atoms. The Bertz CT molecular complexity index is 314. The fourth-order valence-electron chi connectivity index (χ4n) is 1.82. The molecule has 0 saturated carbocycles. The molecule has 1 aromatic carbocycles. The van der Waals surface area contributed by atoms with Crippen LogP contribution in [-0.2, 0) is 6.54 Å². The molecule has 2 nitrogen and oxygen atoms in total. The number of benzene rings is 1. The van der Waals surface area contributed by atoms with Gasteiger partial charge < -0.3 is 10.6 Å². The quantitative estimate of drug-likeness (QED) is 0.691. The summed E-state index contributed by atoms with van der Waals surface area (Å²) in [5.74, 6) is 1.35. The van der Waals surface area contributed by atoms with Gasteiger partial charge in [-0.2, -0.15) is 0 Å². The van der Waals surface area contributed by atoms with Crippen molar-refractivity contribution in [3.63, 3.8) is 0 Å². The number of nitrogens with one attached hydrogen (secondary N) is 2. The summed E-state index contributed by atoms with van der Waals surface area (Å²) in [6.45, 7) is 13.1. The molecule has 0 spiro atoms. The van der Waals surface area contributed by atoms with E-state index in [-0.39, 0.29) is 0 Å². The van der Waals surface area contributed by atoms with Crippen LogP contribution in [0, 0.1) is 5.92 Å². The van der Waals surface area contributed by atoms with Crippen molar-refractivity contribution in [2.24, 2.45) is 5.92 Å². The third-order valence-electron chi connectivity index (χ3n) is 3.01. The summed E-state index contributed by atoms with van der Waals surface area (Å²) in [5.41, 5.74) is 2.78. The molecular formula is C16H28N2. The highest BCUT2D eigenvalue weighted by molar-refractivity contribution is 5.24. The third kappa shape index (κ3) is 6.18. The van der Waals surface area contributed by atoms with Gasteiger partial charge >= 0.3 is 0 Å². The minimum Gasteiger partial charge on any atom is -0.315 e. The smallest absolute Gasteiger partial charge is 0.0206 e. The maximum Gasteiger partial charge on any atom is 0.0206 e. The van der Waals surface area contributed by atoms with Gasteiger partial charge in [-0.3, -0.25) is 0 Å². The molecule has 0 aromatic heterocycles. The van der Waals surface area contributed by atoms with Gasteiger partial charge in [0.2, 0.25) is 0 Å². The van der Waals surface area contributed by atoms with Crippen LogP contribution in [0.4, 0.5) is 0 Å². The minimum atomic E-state index is 0.618. The zero-order valence-electron chi connectivity index (χ0n) is 12.3. The standard InChI is InChI=1S/C16H28N2/c1-13(2)11-17-9-10-18-12-15-5-7-16(8-6-15)14(3)4/h5-8,13-14,17-18H,9-12H2,1-4H3. The molecule has 0 aliphatic rings. The van der Waals surface area contributed by atoms with Crippen LogP contribution in [0.15, 0.2) is 24.3 Å². The lowest BCUT2D eigenvalue weighted by Crippen LogP contribution is -2.29. The van der Waals surface area contributed by atoms with Gasteiger partial charge in [-0.25, -0.2) is 0 Å². The van der Waals surface area contributed by atoms with Crippen molar-refractivity contribution in [1.29, 1.82) is 0 Å². The summed E-state index contributed by atoms with van der Waals surface area (Å²) < 4.78 is 0. The van der Waals surface area contributed by atoms with E-state index in [4.69, 9.17) is 0 Å². The molecule has 0 amide bonds. The van der Waals surface area contributed by atoms with E-state index in [1.807, 2.05) is 0 Å². The number of rotatable bonds is 8. The molecule has 0 atom stereocenters. The molecule has 0 fully saturated rings. The van der Waals surface area contributed by atoms with Crippen LogP contribution >= 0.6 is 0 Å². The van der Waals surface area contributed by atoms with Crippen LogP contribution in [-0.4, -0.2) is 19.6 Å². The summed E-state index contributed by atoms with van der Waals surface area (Å²) >= 11 is 0. The van der Waals surface area contributed by atoms with E-state index in [9.17, 15) is 0 Å². The van der Waals surface area contributed by atoms with E-state index in [0.717, 1.165) is 32.1 Å². The van der Waals surface area contributed by atoms with Crippen molar-refractivity contribution >= 4 is 0 Å². The lowest BCUT2D eigenvalue weighted by molar-refractivity contribution is 0.535. The van der Waals surface area contributed by atoms with Crippen LogP contribution in [0.25, 0.3) is 0 Å². The highest BCUT2D eigenvalue weighted by Crippen LogP contribution is 2.14. The first-order chi connectivity index (χ1) is 8.59. The molecule has 18 heavy (non-hydrogen) atoms. The van der Waals surface area contributed by atoms with Crippen molar-refractivity contribution < 1.29 is 0 Å². The summed E-state index contributed by atoms with van der Waals surface area (Å²) in [4.78, 5) is 0. The van der Waals surface area contributed by atoms with Gasteiger partial charge in [0.05, 0.1) is 0 Å². The van der Waals surface area contributed by atoms with Gasteiger partial charge in [0.25, 0.3) is 0 Å². The molecule has 2 heteroatoms. The molecule has 1 rings (SSSR count). The Balaban J connectivity index is 2.15. The van der Waals surface area contributed by atoms with Crippen molar-refractivity contribution in [3.8, 4) is 0 Å². The van der Waals surface area contributed by atoms with Crippen LogP contribution in [0.1, 0.15) is 44.7 Å². The van der Waals surface area contributed by atoms with Crippen molar-refractivity contribution in [3.05, 3.63) is 35.4 Å². The normalized spacial score (nSPS) is 11.4. The first-order valence-electron chi connectivity index (χ1n) is 7.10. The van der Waals surface area contributed by atoms with E-state index in [2.05, 4.69) is 62.6 Å². The SMILES string of the molecule is CC(C)CNCCNCc1ccc(C(C)C)cc1. The van der Waals surface area contributed by atoms with Crippen LogP contribution < -0.4 is 10.6 Å². The molecule has 0 radical (unpaired) electrons. The first-order valence-corrected chi connectivity index (χ1v) is 7.10. The second-order valence-corrected chi connectivity index (χ2v) is 5.67. The molecular weight excluding hydrogens is 220 g/mol. The van der Waals surface area contributed by atoms with E-state index in [1.165, 1.54) is 11.1 Å². The summed E-state index contributed by atoms with van der Waals surface area (Å²) in [7, 11) is 0. The van der Waals surface area contributed by atoms with Gasteiger partial charge in [-0.15, -0.1) is 0 Å². The highest BCUT2D eigenvalue weighted by atomic mass is 14.9. The van der Waals surface area contributed by atoms with E-state index in [0.29, 0.717) is 5.92 Å². The van der Waals surface area contributed by atoms with Gasteiger partial charge in [0, 0.05) is 19.6 Å². The number of hydrogen-bond acceptors (Lipinski definition) is 2. The maximum absolute atomic E-state index is 3.46. The van der Waals surface area contributed by atoms with Crippen LogP contribution in [0.3, 0.4) is 0 Å². The Morgan fingerprint density at radius 3 is 2.06 bits per heavy atom. The molecule has 0 unspecified atom stereocenters. The summed E-state index contributed by atoms with van der Waals surface area (Å²) in [5, 5.41) is 6.89. The Morgan fingerprint density at radius 1 is 0.889 bits per heavy atom. The lowest BCUT2D eigenvalue weighted by Gasteiger charge is -2.09. The van der Waals surface area contributed by atoms with Gasteiger partial charge in [0.1, 0.15) is 0 Å². The number of hydrogen-bond donors (Lipinski definition) is 2. The molecule has 0 saturated heterocycles. The predicted molar refractivity (Wildman–Crippen MR) is 79.9 cm³/mol. The molecule has 0 aliphatic carbocycles. The van der Waals surface area contributed by atoms with Gasteiger partial charge in [-0.05, 0) is 29.5 Å². The van der Waals surface area contributed by atoms with E-state index in [1.54, 1.807) is 0 Å². The monoisotopic (exact) mass is 248 g/mol. The largest absolute Gasteiger partial charge is 0.315 e. The highest BCUT2D eigenvalue weighted by Gasteiger charge is 1.98. The molecule has 2 N–H and O–H groups in total.